The molecule has 0 aromatic carbocycles. The van der Waals surface area contributed by atoms with Crippen LogP contribution in [0.25, 0.3) is 0 Å². The first-order valence-corrected chi connectivity index (χ1v) is 6.55. The summed E-state index contributed by atoms with van der Waals surface area (Å²) in [7, 11) is 0. The summed E-state index contributed by atoms with van der Waals surface area (Å²) in [6.45, 7) is -3.72. The second-order valence-electron chi connectivity index (χ2n) is 2.13. The van der Waals surface area contributed by atoms with Crippen LogP contribution in [0.3, 0.4) is 0 Å². The van der Waals surface area contributed by atoms with Crippen LogP contribution >= 0.6 is 29.6 Å². The number of hydrogen-bond acceptors (Lipinski definition) is 4. The number of alkyl halides is 1. The number of aliphatic hydroxyl groups is 2. The largest absolute Gasteiger partial charge is 0.394 e. The molecule has 0 spiro atoms. The molecule has 0 heterocycles. The van der Waals surface area contributed by atoms with Gasteiger partial charge < -0.3 is 14.7 Å². The van der Waals surface area contributed by atoms with Crippen LogP contribution < -0.4 is 0 Å². The Morgan fingerprint density at radius 2 is 2.17 bits per heavy atom. The van der Waals surface area contributed by atoms with Crippen molar-refractivity contribution >= 4 is 29.6 Å². The molecule has 74 valence electrons. The van der Waals surface area contributed by atoms with Gasteiger partial charge in [0.25, 0.3) is 6.72 Å². The molecule has 0 aliphatic heterocycles. The quantitative estimate of drug-likeness (QED) is 0.534. The Kier molecular flexibility index (Phi) is 6.55. The molecule has 0 aromatic heterocycles. The van der Waals surface area contributed by atoms with Gasteiger partial charge in [0.05, 0.1) is 25.5 Å². The van der Waals surface area contributed by atoms with E-state index in [1.165, 1.54) is 0 Å². The van der Waals surface area contributed by atoms with Crippen molar-refractivity contribution in [1.82, 2.24) is 0 Å². The van der Waals surface area contributed by atoms with Crippen LogP contribution in [0.4, 0.5) is 0 Å². The molecule has 7 heteroatoms. The summed E-state index contributed by atoms with van der Waals surface area (Å²) in [6, 6.07) is 0. The molecular weight excluding hydrogens is 226 g/mol. The normalized spacial score (nSPS) is 18.7. The molecule has 0 radical (unpaired) electrons. The molecule has 2 N–H and O–H groups in total. The van der Waals surface area contributed by atoms with E-state index in [1.54, 1.807) is 0 Å². The molecule has 2 atom stereocenters. The zero-order valence-electron chi connectivity index (χ0n) is 6.32. The van der Waals surface area contributed by atoms with Gasteiger partial charge >= 0.3 is 0 Å². The summed E-state index contributed by atoms with van der Waals surface area (Å²) in [5.74, 6) is 0.186. The highest BCUT2D eigenvalue weighted by Gasteiger charge is 2.23. The Morgan fingerprint density at radius 3 is 2.58 bits per heavy atom. The van der Waals surface area contributed by atoms with Gasteiger partial charge in [-0.3, -0.25) is 4.57 Å². The second kappa shape index (κ2) is 6.19. The van der Waals surface area contributed by atoms with Crippen molar-refractivity contribution in [2.24, 2.45) is 0 Å². The molecule has 0 saturated carbocycles. The van der Waals surface area contributed by atoms with E-state index in [9.17, 15) is 4.57 Å². The number of halogens is 2. The van der Waals surface area contributed by atoms with E-state index in [1.807, 2.05) is 0 Å². The van der Waals surface area contributed by atoms with E-state index in [2.05, 4.69) is 4.52 Å². The third-order valence-corrected chi connectivity index (χ3v) is 3.29. The minimum absolute atomic E-state index is 0.0699. The van der Waals surface area contributed by atoms with Gasteiger partial charge in [0, 0.05) is 5.88 Å². The topological polar surface area (TPSA) is 66.8 Å². The van der Waals surface area contributed by atoms with Gasteiger partial charge in [-0.05, 0) is 11.2 Å². The van der Waals surface area contributed by atoms with E-state index in [0.29, 0.717) is 0 Å². The maximum absolute atomic E-state index is 11.2. The van der Waals surface area contributed by atoms with Gasteiger partial charge in [-0.25, -0.2) is 0 Å². The minimum Gasteiger partial charge on any atom is -0.394 e. The average Bonchev–Trinajstić information content (AvgIpc) is 2.00. The van der Waals surface area contributed by atoms with Crippen molar-refractivity contribution < 1.29 is 19.3 Å². The van der Waals surface area contributed by atoms with Crippen molar-refractivity contribution in [2.45, 2.75) is 6.10 Å². The zero-order chi connectivity index (χ0) is 9.61. The lowest BCUT2D eigenvalue weighted by atomic mass is 10.4. The molecule has 0 aliphatic rings. The van der Waals surface area contributed by atoms with Crippen molar-refractivity contribution in [3.8, 4) is 0 Å². The SMILES string of the molecule is O=P(Cl)(CC(O)CO)OCCCl. The van der Waals surface area contributed by atoms with Gasteiger partial charge in [0.15, 0.2) is 0 Å². The Bertz CT molecular complexity index is 166. The molecular formula is C5H11Cl2O4P. The lowest BCUT2D eigenvalue weighted by Crippen LogP contribution is -2.16. The fourth-order valence-corrected chi connectivity index (χ4v) is 2.49. The molecule has 12 heavy (non-hydrogen) atoms. The van der Waals surface area contributed by atoms with Crippen LogP contribution in [0, 0.1) is 0 Å². The van der Waals surface area contributed by atoms with E-state index >= 15 is 0 Å². The summed E-state index contributed by atoms with van der Waals surface area (Å²) < 4.78 is 15.8. The first-order chi connectivity index (χ1) is 5.52. The number of aliphatic hydroxyl groups excluding tert-OH is 2. The summed E-state index contributed by atoms with van der Waals surface area (Å²) >= 11 is 10.7. The third kappa shape index (κ3) is 6.23. The fraction of sp³-hybridized carbons (Fsp3) is 1.00. The number of hydrogen-bond donors (Lipinski definition) is 2. The molecule has 0 rings (SSSR count). The molecule has 0 amide bonds. The Hall–Kier alpha value is 0.690. The summed E-state index contributed by atoms with van der Waals surface area (Å²) in [5.41, 5.74) is 0. The van der Waals surface area contributed by atoms with Crippen LogP contribution in [0.1, 0.15) is 0 Å². The minimum atomic E-state index is -3.30. The number of rotatable bonds is 6. The first-order valence-electron chi connectivity index (χ1n) is 3.30. The van der Waals surface area contributed by atoms with Crippen molar-refractivity contribution in [1.29, 1.82) is 0 Å². The third-order valence-electron chi connectivity index (χ3n) is 1.00. The Morgan fingerprint density at radius 1 is 1.58 bits per heavy atom. The maximum Gasteiger partial charge on any atom is 0.292 e. The van der Waals surface area contributed by atoms with Crippen molar-refractivity contribution in [3.05, 3.63) is 0 Å². The van der Waals surface area contributed by atoms with Crippen LogP contribution in [0.15, 0.2) is 0 Å². The van der Waals surface area contributed by atoms with Gasteiger partial charge in [-0.2, -0.15) is 0 Å². The van der Waals surface area contributed by atoms with E-state index in [4.69, 9.17) is 33.1 Å². The van der Waals surface area contributed by atoms with Crippen LogP contribution in [-0.2, 0) is 9.09 Å². The standard InChI is InChI=1S/C5H11Cl2O4P/c6-1-2-11-12(7,10)4-5(9)3-8/h5,8-9H,1-4H2. The smallest absolute Gasteiger partial charge is 0.292 e. The van der Waals surface area contributed by atoms with Gasteiger partial charge in [0.1, 0.15) is 0 Å². The molecule has 2 unspecified atom stereocenters. The van der Waals surface area contributed by atoms with Gasteiger partial charge in [-0.15, -0.1) is 11.6 Å². The highest BCUT2D eigenvalue weighted by molar-refractivity contribution is 7.85. The summed E-state index contributed by atoms with van der Waals surface area (Å²) in [5, 5.41) is 17.3. The zero-order valence-corrected chi connectivity index (χ0v) is 8.73. The monoisotopic (exact) mass is 236 g/mol. The second-order valence-corrected chi connectivity index (χ2v) is 5.86. The van der Waals surface area contributed by atoms with Crippen molar-refractivity contribution in [3.63, 3.8) is 0 Å². The molecule has 0 aromatic rings. The maximum atomic E-state index is 11.2. The Labute approximate surface area is 80.7 Å². The molecule has 0 fully saturated rings. The van der Waals surface area contributed by atoms with E-state index in [0.717, 1.165) is 0 Å². The van der Waals surface area contributed by atoms with Gasteiger partial charge in [0.2, 0.25) is 0 Å². The van der Waals surface area contributed by atoms with E-state index < -0.39 is 19.4 Å². The fourth-order valence-electron chi connectivity index (χ4n) is 0.533. The van der Waals surface area contributed by atoms with Crippen LogP contribution in [0.5, 0.6) is 0 Å². The molecule has 0 saturated heterocycles. The highest BCUT2D eigenvalue weighted by atomic mass is 35.7. The molecule has 4 nitrogen and oxygen atoms in total. The molecule has 0 bridgehead atoms. The summed E-state index contributed by atoms with van der Waals surface area (Å²) in [4.78, 5) is 0. The van der Waals surface area contributed by atoms with Crippen molar-refractivity contribution in [2.75, 3.05) is 25.3 Å². The summed E-state index contributed by atoms with van der Waals surface area (Å²) in [6.07, 6.45) is -1.37. The lowest BCUT2D eigenvalue weighted by molar-refractivity contribution is 0.110. The van der Waals surface area contributed by atoms with Gasteiger partial charge in [-0.1, -0.05) is 0 Å². The molecule has 0 aliphatic carbocycles. The average molecular weight is 237 g/mol. The lowest BCUT2D eigenvalue weighted by Gasteiger charge is -2.12. The predicted molar refractivity (Wildman–Crippen MR) is 48.1 cm³/mol. The Balaban J connectivity index is 3.78. The van der Waals surface area contributed by atoms with E-state index in [-0.39, 0.29) is 18.6 Å². The highest BCUT2D eigenvalue weighted by Crippen LogP contribution is 2.52. The predicted octanol–water partition coefficient (Wildman–Crippen LogP) is 1.03. The van der Waals surface area contributed by atoms with Crippen LogP contribution in [0.2, 0.25) is 0 Å². The van der Waals surface area contributed by atoms with Crippen LogP contribution in [-0.4, -0.2) is 41.6 Å². The first kappa shape index (κ1) is 12.7.